The number of amides is 1. The van der Waals surface area contributed by atoms with Crippen LogP contribution in [0.3, 0.4) is 0 Å². The maximum atomic E-state index is 11.8. The fraction of sp³-hybridized carbons (Fsp3) is 0.188. The molecule has 4 heteroatoms. The standard InChI is InChI=1S/C16H14BrNO2/c17-13-5-3-11(4-6-13)15(19)12-2-1-10-7-8-18-16(20)14(10)9-12/h1-6,9,15,19H,7-8H2,(H,18,20). The largest absolute Gasteiger partial charge is 0.384 e. The quantitative estimate of drug-likeness (QED) is 0.889. The third-order valence-corrected chi connectivity index (χ3v) is 4.09. The first-order chi connectivity index (χ1) is 9.65. The number of hydrogen-bond acceptors (Lipinski definition) is 2. The van der Waals surface area contributed by atoms with Gasteiger partial charge in [0.2, 0.25) is 0 Å². The van der Waals surface area contributed by atoms with Gasteiger partial charge in [-0.2, -0.15) is 0 Å². The SMILES string of the molecule is O=C1NCCc2ccc(C(O)c3ccc(Br)cc3)cc21. The first-order valence-electron chi connectivity index (χ1n) is 6.50. The van der Waals surface area contributed by atoms with Crippen LogP contribution in [-0.4, -0.2) is 17.6 Å². The van der Waals surface area contributed by atoms with Gasteiger partial charge in [-0.15, -0.1) is 0 Å². The van der Waals surface area contributed by atoms with E-state index in [1.165, 1.54) is 0 Å². The monoisotopic (exact) mass is 331 g/mol. The molecule has 1 aliphatic heterocycles. The van der Waals surface area contributed by atoms with Gasteiger partial charge in [0.1, 0.15) is 6.10 Å². The summed E-state index contributed by atoms with van der Waals surface area (Å²) < 4.78 is 0.971. The van der Waals surface area contributed by atoms with Gasteiger partial charge in [-0.05, 0) is 41.3 Å². The van der Waals surface area contributed by atoms with Crippen molar-refractivity contribution in [3.8, 4) is 0 Å². The highest BCUT2D eigenvalue weighted by atomic mass is 79.9. The topological polar surface area (TPSA) is 49.3 Å². The number of benzene rings is 2. The van der Waals surface area contributed by atoms with Crippen molar-refractivity contribution in [2.45, 2.75) is 12.5 Å². The number of aliphatic hydroxyl groups is 1. The molecule has 0 aliphatic carbocycles. The van der Waals surface area contributed by atoms with Gasteiger partial charge in [0.05, 0.1) is 0 Å². The minimum Gasteiger partial charge on any atom is -0.384 e. The van der Waals surface area contributed by atoms with E-state index in [9.17, 15) is 9.90 Å². The average Bonchev–Trinajstić information content (AvgIpc) is 2.47. The third kappa shape index (κ3) is 2.49. The number of rotatable bonds is 2. The fourth-order valence-corrected chi connectivity index (χ4v) is 2.70. The highest BCUT2D eigenvalue weighted by Gasteiger charge is 2.19. The van der Waals surface area contributed by atoms with Crippen LogP contribution in [0.15, 0.2) is 46.9 Å². The van der Waals surface area contributed by atoms with Gasteiger partial charge in [0, 0.05) is 16.6 Å². The molecule has 0 spiro atoms. The average molecular weight is 332 g/mol. The molecule has 2 aromatic carbocycles. The molecule has 0 saturated heterocycles. The number of halogens is 1. The summed E-state index contributed by atoms with van der Waals surface area (Å²) in [6.45, 7) is 0.681. The molecule has 0 aromatic heterocycles. The maximum Gasteiger partial charge on any atom is 0.251 e. The van der Waals surface area contributed by atoms with Gasteiger partial charge >= 0.3 is 0 Å². The summed E-state index contributed by atoms with van der Waals surface area (Å²) in [6, 6.07) is 13.1. The van der Waals surface area contributed by atoms with E-state index in [4.69, 9.17) is 0 Å². The molecule has 1 heterocycles. The number of fused-ring (bicyclic) bond motifs is 1. The van der Waals surface area contributed by atoms with Crippen LogP contribution in [0, 0.1) is 0 Å². The molecule has 20 heavy (non-hydrogen) atoms. The predicted octanol–water partition coefficient (Wildman–Crippen LogP) is 2.82. The Morgan fingerprint density at radius 2 is 1.80 bits per heavy atom. The molecule has 0 saturated carbocycles. The predicted molar refractivity (Wildman–Crippen MR) is 80.7 cm³/mol. The van der Waals surface area contributed by atoms with E-state index in [1.54, 1.807) is 6.07 Å². The van der Waals surface area contributed by atoms with Gasteiger partial charge < -0.3 is 10.4 Å². The van der Waals surface area contributed by atoms with Crippen molar-refractivity contribution in [3.63, 3.8) is 0 Å². The zero-order valence-corrected chi connectivity index (χ0v) is 12.4. The van der Waals surface area contributed by atoms with Crippen LogP contribution in [0.5, 0.6) is 0 Å². The van der Waals surface area contributed by atoms with Crippen LogP contribution in [-0.2, 0) is 6.42 Å². The van der Waals surface area contributed by atoms with Crippen molar-refractivity contribution in [1.29, 1.82) is 0 Å². The van der Waals surface area contributed by atoms with Gasteiger partial charge in [0.25, 0.3) is 5.91 Å². The number of nitrogens with one attached hydrogen (secondary N) is 1. The molecule has 0 radical (unpaired) electrons. The third-order valence-electron chi connectivity index (χ3n) is 3.56. The molecular formula is C16H14BrNO2. The second kappa shape index (κ2) is 5.38. The van der Waals surface area contributed by atoms with Crippen molar-refractivity contribution in [2.24, 2.45) is 0 Å². The van der Waals surface area contributed by atoms with Crippen LogP contribution < -0.4 is 5.32 Å². The summed E-state index contributed by atoms with van der Waals surface area (Å²) in [4.78, 5) is 11.8. The van der Waals surface area contributed by atoms with Gasteiger partial charge in [-0.3, -0.25) is 4.79 Å². The van der Waals surface area contributed by atoms with Crippen molar-refractivity contribution < 1.29 is 9.90 Å². The molecular weight excluding hydrogens is 318 g/mol. The smallest absolute Gasteiger partial charge is 0.251 e. The summed E-state index contributed by atoms with van der Waals surface area (Å²) in [7, 11) is 0. The first-order valence-corrected chi connectivity index (χ1v) is 7.29. The first kappa shape index (κ1) is 13.3. The second-order valence-corrected chi connectivity index (χ2v) is 5.79. The zero-order chi connectivity index (χ0) is 14.1. The highest BCUT2D eigenvalue weighted by Crippen LogP contribution is 2.26. The Balaban J connectivity index is 1.96. The van der Waals surface area contributed by atoms with Crippen LogP contribution in [0.1, 0.15) is 33.2 Å². The fourth-order valence-electron chi connectivity index (χ4n) is 2.44. The van der Waals surface area contributed by atoms with Crippen molar-refractivity contribution in [2.75, 3.05) is 6.54 Å². The van der Waals surface area contributed by atoms with E-state index < -0.39 is 6.10 Å². The lowest BCUT2D eigenvalue weighted by atomic mass is 9.94. The van der Waals surface area contributed by atoms with Gasteiger partial charge in [-0.1, -0.05) is 40.2 Å². The number of aliphatic hydroxyl groups excluding tert-OH is 1. The van der Waals surface area contributed by atoms with Crippen LogP contribution in [0.4, 0.5) is 0 Å². The molecule has 3 rings (SSSR count). The molecule has 2 aromatic rings. The second-order valence-electron chi connectivity index (χ2n) is 4.88. The molecule has 1 aliphatic rings. The maximum absolute atomic E-state index is 11.8. The van der Waals surface area contributed by atoms with E-state index in [-0.39, 0.29) is 5.91 Å². The lowest BCUT2D eigenvalue weighted by Crippen LogP contribution is -2.31. The lowest BCUT2D eigenvalue weighted by Gasteiger charge is -2.19. The van der Waals surface area contributed by atoms with E-state index in [0.29, 0.717) is 12.1 Å². The molecule has 1 amide bonds. The van der Waals surface area contributed by atoms with Crippen molar-refractivity contribution >= 4 is 21.8 Å². The molecule has 3 nitrogen and oxygen atoms in total. The summed E-state index contributed by atoms with van der Waals surface area (Å²) >= 11 is 3.37. The molecule has 1 unspecified atom stereocenters. The van der Waals surface area contributed by atoms with E-state index >= 15 is 0 Å². The molecule has 1 atom stereocenters. The number of hydrogen-bond donors (Lipinski definition) is 2. The summed E-state index contributed by atoms with van der Waals surface area (Å²) in [6.07, 6.45) is 0.124. The Morgan fingerprint density at radius 1 is 1.10 bits per heavy atom. The Bertz CT molecular complexity index is 652. The highest BCUT2D eigenvalue weighted by molar-refractivity contribution is 9.10. The molecule has 102 valence electrons. The van der Waals surface area contributed by atoms with Crippen molar-refractivity contribution in [3.05, 3.63) is 69.2 Å². The van der Waals surface area contributed by atoms with Crippen LogP contribution >= 0.6 is 15.9 Å². The Hall–Kier alpha value is -1.65. The zero-order valence-electron chi connectivity index (χ0n) is 10.8. The minimum absolute atomic E-state index is 0.0592. The normalized spacial score (nSPS) is 15.4. The Kier molecular flexibility index (Phi) is 3.59. The van der Waals surface area contributed by atoms with E-state index in [2.05, 4.69) is 21.2 Å². The lowest BCUT2D eigenvalue weighted by molar-refractivity contribution is 0.0945. The molecule has 2 N–H and O–H groups in total. The molecule has 0 fully saturated rings. The summed E-state index contributed by atoms with van der Waals surface area (Å²) in [5.41, 5.74) is 3.26. The minimum atomic E-state index is -0.719. The van der Waals surface area contributed by atoms with Crippen LogP contribution in [0.2, 0.25) is 0 Å². The van der Waals surface area contributed by atoms with E-state index in [0.717, 1.165) is 27.6 Å². The Labute approximate surface area is 125 Å². The van der Waals surface area contributed by atoms with Gasteiger partial charge in [0.15, 0.2) is 0 Å². The Morgan fingerprint density at radius 3 is 2.55 bits per heavy atom. The van der Waals surface area contributed by atoms with Gasteiger partial charge in [-0.25, -0.2) is 0 Å². The van der Waals surface area contributed by atoms with Crippen LogP contribution in [0.25, 0.3) is 0 Å². The summed E-state index contributed by atoms with van der Waals surface area (Å²) in [5.74, 6) is -0.0592. The van der Waals surface area contributed by atoms with Crippen molar-refractivity contribution in [1.82, 2.24) is 5.32 Å². The van der Waals surface area contributed by atoms with E-state index in [1.807, 2.05) is 36.4 Å². The number of carbonyl (C=O) groups is 1. The summed E-state index contributed by atoms with van der Waals surface area (Å²) in [5, 5.41) is 13.2. The molecule has 0 bridgehead atoms. The number of carbonyl (C=O) groups excluding carboxylic acids is 1.